The van der Waals surface area contributed by atoms with Gasteiger partial charge in [-0.3, -0.25) is 4.98 Å². The molecule has 0 aliphatic heterocycles. The molecule has 0 atom stereocenters. The third-order valence-corrected chi connectivity index (χ3v) is 2.40. The molecule has 1 aromatic carbocycles. The molecule has 2 aromatic rings. The standard InChI is InChI=1S/C11H9BrN2O/c1-15-9-4-2-3-8(5-9)10-6-14-11(12)7-13-10/h2-7H,1H3. The van der Waals surface area contributed by atoms with Gasteiger partial charge in [-0.2, -0.15) is 0 Å². The minimum absolute atomic E-state index is 0.731. The Balaban J connectivity index is 2.40. The van der Waals surface area contributed by atoms with Crippen molar-refractivity contribution >= 4 is 15.9 Å². The summed E-state index contributed by atoms with van der Waals surface area (Å²) in [4.78, 5) is 8.38. The van der Waals surface area contributed by atoms with E-state index < -0.39 is 0 Å². The number of rotatable bonds is 2. The van der Waals surface area contributed by atoms with Crippen LogP contribution in [0, 0.1) is 0 Å². The van der Waals surface area contributed by atoms with Crippen molar-refractivity contribution in [3.63, 3.8) is 0 Å². The summed E-state index contributed by atoms with van der Waals surface area (Å²) in [6.07, 6.45) is 3.40. The van der Waals surface area contributed by atoms with Crippen LogP contribution in [0.2, 0.25) is 0 Å². The van der Waals surface area contributed by atoms with Crippen LogP contribution in [0.3, 0.4) is 0 Å². The molecular weight excluding hydrogens is 256 g/mol. The molecule has 0 radical (unpaired) electrons. The fourth-order valence-electron chi connectivity index (χ4n) is 1.24. The first-order valence-corrected chi connectivity index (χ1v) is 5.21. The molecule has 0 saturated heterocycles. The predicted molar refractivity (Wildman–Crippen MR) is 61.7 cm³/mol. The van der Waals surface area contributed by atoms with Crippen LogP contribution in [0.15, 0.2) is 41.3 Å². The third kappa shape index (κ3) is 2.33. The van der Waals surface area contributed by atoms with Crippen LogP contribution in [0.4, 0.5) is 0 Å². The van der Waals surface area contributed by atoms with Crippen molar-refractivity contribution in [3.8, 4) is 17.0 Å². The highest BCUT2D eigenvalue weighted by Gasteiger charge is 2.00. The summed E-state index contributed by atoms with van der Waals surface area (Å²) in [5, 5.41) is 0. The van der Waals surface area contributed by atoms with E-state index in [9.17, 15) is 0 Å². The summed E-state index contributed by atoms with van der Waals surface area (Å²) in [5.74, 6) is 0.817. The molecule has 0 spiro atoms. The van der Waals surface area contributed by atoms with Gasteiger partial charge < -0.3 is 4.74 Å². The molecular formula is C11H9BrN2O. The lowest BCUT2D eigenvalue weighted by atomic mass is 10.1. The van der Waals surface area contributed by atoms with Crippen LogP contribution in [0.5, 0.6) is 5.75 Å². The molecule has 0 saturated carbocycles. The molecule has 0 bridgehead atoms. The van der Waals surface area contributed by atoms with Crippen molar-refractivity contribution in [2.24, 2.45) is 0 Å². The number of hydrogen-bond donors (Lipinski definition) is 0. The first kappa shape index (κ1) is 10.1. The number of methoxy groups -OCH3 is 1. The Hall–Kier alpha value is -1.42. The lowest BCUT2D eigenvalue weighted by Gasteiger charge is -2.03. The first-order valence-electron chi connectivity index (χ1n) is 4.41. The Morgan fingerprint density at radius 1 is 1.20 bits per heavy atom. The van der Waals surface area contributed by atoms with Gasteiger partial charge in [0, 0.05) is 5.56 Å². The van der Waals surface area contributed by atoms with Gasteiger partial charge in [-0.05, 0) is 28.1 Å². The van der Waals surface area contributed by atoms with Crippen LogP contribution in [-0.4, -0.2) is 17.1 Å². The molecule has 1 aromatic heterocycles. The van der Waals surface area contributed by atoms with Crippen LogP contribution in [0.1, 0.15) is 0 Å². The van der Waals surface area contributed by atoms with Crippen molar-refractivity contribution < 1.29 is 4.74 Å². The first-order chi connectivity index (χ1) is 7.29. The number of benzene rings is 1. The van der Waals surface area contributed by atoms with Gasteiger partial charge in [0.05, 0.1) is 25.2 Å². The molecule has 3 nitrogen and oxygen atoms in total. The molecule has 0 aliphatic carbocycles. The van der Waals surface area contributed by atoms with Gasteiger partial charge in [-0.1, -0.05) is 12.1 Å². The number of aromatic nitrogens is 2. The van der Waals surface area contributed by atoms with Gasteiger partial charge in [0.1, 0.15) is 10.4 Å². The second-order valence-corrected chi connectivity index (χ2v) is 3.77. The summed E-state index contributed by atoms with van der Waals surface area (Å²) in [6.45, 7) is 0. The van der Waals surface area contributed by atoms with Crippen LogP contribution >= 0.6 is 15.9 Å². The van der Waals surface area contributed by atoms with E-state index in [2.05, 4.69) is 25.9 Å². The van der Waals surface area contributed by atoms with Crippen LogP contribution in [-0.2, 0) is 0 Å². The fraction of sp³-hybridized carbons (Fsp3) is 0.0909. The highest BCUT2D eigenvalue weighted by molar-refractivity contribution is 9.10. The third-order valence-electron chi connectivity index (χ3n) is 1.99. The topological polar surface area (TPSA) is 35.0 Å². The highest BCUT2D eigenvalue weighted by atomic mass is 79.9. The molecule has 2 rings (SSSR count). The second kappa shape index (κ2) is 4.40. The minimum Gasteiger partial charge on any atom is -0.497 e. The number of halogens is 1. The van der Waals surface area contributed by atoms with Crippen LogP contribution in [0.25, 0.3) is 11.3 Å². The van der Waals surface area contributed by atoms with Gasteiger partial charge in [0.25, 0.3) is 0 Å². The monoisotopic (exact) mass is 264 g/mol. The summed E-state index contributed by atoms with van der Waals surface area (Å²) >= 11 is 3.25. The molecule has 0 aliphatic rings. The number of nitrogens with zero attached hydrogens (tertiary/aromatic N) is 2. The van der Waals surface area contributed by atoms with Crippen molar-refractivity contribution in [1.29, 1.82) is 0 Å². The summed E-state index contributed by atoms with van der Waals surface area (Å²) in [6, 6.07) is 7.73. The Morgan fingerprint density at radius 2 is 2.07 bits per heavy atom. The Kier molecular flexibility index (Phi) is 2.97. The lowest BCUT2D eigenvalue weighted by molar-refractivity contribution is 0.415. The maximum absolute atomic E-state index is 5.14. The largest absolute Gasteiger partial charge is 0.497 e. The smallest absolute Gasteiger partial charge is 0.124 e. The molecule has 76 valence electrons. The predicted octanol–water partition coefficient (Wildman–Crippen LogP) is 2.91. The molecule has 0 unspecified atom stereocenters. The van der Waals surface area contributed by atoms with E-state index in [0.717, 1.165) is 21.6 Å². The van der Waals surface area contributed by atoms with Gasteiger partial charge in [-0.15, -0.1) is 0 Å². The van der Waals surface area contributed by atoms with E-state index in [1.807, 2.05) is 24.3 Å². The Labute approximate surface area is 96.3 Å². The quantitative estimate of drug-likeness (QED) is 0.837. The molecule has 0 N–H and O–H groups in total. The molecule has 0 amide bonds. The van der Waals surface area contributed by atoms with Crippen LogP contribution < -0.4 is 4.74 Å². The Bertz CT molecular complexity index is 456. The zero-order valence-electron chi connectivity index (χ0n) is 8.14. The highest BCUT2D eigenvalue weighted by Crippen LogP contribution is 2.21. The zero-order chi connectivity index (χ0) is 10.7. The summed E-state index contributed by atoms with van der Waals surface area (Å²) < 4.78 is 5.87. The average molecular weight is 265 g/mol. The van der Waals surface area contributed by atoms with Gasteiger partial charge >= 0.3 is 0 Å². The molecule has 4 heteroatoms. The van der Waals surface area contributed by atoms with Crippen molar-refractivity contribution in [2.45, 2.75) is 0 Å². The molecule has 15 heavy (non-hydrogen) atoms. The summed E-state index contributed by atoms with van der Waals surface area (Å²) in [7, 11) is 1.65. The van der Waals surface area contributed by atoms with Gasteiger partial charge in [-0.25, -0.2) is 4.98 Å². The maximum atomic E-state index is 5.14. The van der Waals surface area contributed by atoms with Gasteiger partial charge in [0.15, 0.2) is 0 Å². The number of ether oxygens (including phenoxy) is 1. The molecule has 1 heterocycles. The van der Waals surface area contributed by atoms with Crippen molar-refractivity contribution in [3.05, 3.63) is 41.3 Å². The van der Waals surface area contributed by atoms with Crippen molar-refractivity contribution in [2.75, 3.05) is 7.11 Å². The van der Waals surface area contributed by atoms with E-state index in [1.54, 1.807) is 19.5 Å². The summed E-state index contributed by atoms with van der Waals surface area (Å²) in [5.41, 5.74) is 1.83. The van der Waals surface area contributed by atoms with E-state index in [0.29, 0.717) is 0 Å². The van der Waals surface area contributed by atoms with E-state index in [1.165, 1.54) is 0 Å². The second-order valence-electron chi connectivity index (χ2n) is 2.96. The average Bonchev–Trinajstić information content (AvgIpc) is 2.30. The minimum atomic E-state index is 0.731. The van der Waals surface area contributed by atoms with E-state index in [4.69, 9.17) is 4.74 Å². The normalized spacial score (nSPS) is 10.0. The van der Waals surface area contributed by atoms with Gasteiger partial charge in [0.2, 0.25) is 0 Å². The Morgan fingerprint density at radius 3 is 2.73 bits per heavy atom. The van der Waals surface area contributed by atoms with E-state index in [-0.39, 0.29) is 0 Å². The van der Waals surface area contributed by atoms with Crippen molar-refractivity contribution in [1.82, 2.24) is 9.97 Å². The maximum Gasteiger partial charge on any atom is 0.124 e. The molecule has 0 fully saturated rings. The van der Waals surface area contributed by atoms with E-state index >= 15 is 0 Å². The lowest BCUT2D eigenvalue weighted by Crippen LogP contribution is -1.87. The zero-order valence-corrected chi connectivity index (χ0v) is 9.73. The fourth-order valence-corrected chi connectivity index (χ4v) is 1.45. The number of hydrogen-bond acceptors (Lipinski definition) is 3. The SMILES string of the molecule is COc1cccc(-c2cnc(Br)cn2)c1.